The van der Waals surface area contributed by atoms with Gasteiger partial charge in [-0.15, -0.1) is 0 Å². The second kappa shape index (κ2) is 5.19. The lowest BCUT2D eigenvalue weighted by Gasteiger charge is -2.13. The van der Waals surface area contributed by atoms with E-state index in [0.29, 0.717) is 11.0 Å². The van der Waals surface area contributed by atoms with Crippen molar-refractivity contribution in [3.63, 3.8) is 0 Å². The van der Waals surface area contributed by atoms with Crippen molar-refractivity contribution in [1.29, 1.82) is 0 Å². The van der Waals surface area contributed by atoms with Crippen LogP contribution in [0.4, 0.5) is 4.39 Å². The van der Waals surface area contributed by atoms with Crippen LogP contribution >= 0.6 is 31.9 Å². The lowest BCUT2D eigenvalue weighted by molar-refractivity contribution is 0.528. The van der Waals surface area contributed by atoms with Gasteiger partial charge in [-0.25, -0.2) is 17.5 Å². The summed E-state index contributed by atoms with van der Waals surface area (Å²) in [5.41, 5.74) is 0.0128. The molecule has 0 spiro atoms. The van der Waals surface area contributed by atoms with Crippen molar-refractivity contribution >= 4 is 41.9 Å². The molecule has 2 rings (SSSR count). The monoisotopic (exact) mass is 399 g/mol. The average Bonchev–Trinajstić information content (AvgIpc) is 3.07. The Labute approximate surface area is 122 Å². The molecule has 1 fully saturated rings. The number of hydrogen-bond donors (Lipinski definition) is 1. The Morgan fingerprint density at radius 2 is 2.06 bits per heavy atom. The van der Waals surface area contributed by atoms with E-state index < -0.39 is 15.8 Å². The average molecular weight is 401 g/mol. The van der Waals surface area contributed by atoms with Crippen molar-refractivity contribution in [1.82, 2.24) is 4.72 Å². The summed E-state index contributed by atoms with van der Waals surface area (Å²) in [5.74, 6) is -0.749. The second-order valence-corrected chi connectivity index (χ2v) is 7.74. The first-order chi connectivity index (χ1) is 8.38. The molecule has 3 nitrogen and oxygen atoms in total. The third-order valence-electron chi connectivity index (χ3n) is 3.06. The molecule has 1 aliphatic rings. The fourth-order valence-corrected chi connectivity index (χ4v) is 3.86. The minimum atomic E-state index is -3.78. The molecule has 100 valence electrons. The summed E-state index contributed by atoms with van der Waals surface area (Å²) in [6.45, 7) is 0.343. The summed E-state index contributed by atoms with van der Waals surface area (Å²) in [6.07, 6.45) is 1.98. The van der Waals surface area contributed by atoms with Gasteiger partial charge in [0.2, 0.25) is 10.0 Å². The molecule has 0 heterocycles. The molecule has 1 saturated carbocycles. The lowest BCUT2D eigenvalue weighted by Crippen LogP contribution is -2.31. The van der Waals surface area contributed by atoms with Crippen LogP contribution < -0.4 is 4.72 Å². The van der Waals surface area contributed by atoms with E-state index in [-0.39, 0.29) is 10.3 Å². The van der Waals surface area contributed by atoms with Gasteiger partial charge in [0.05, 0.1) is 0 Å². The molecule has 0 bridgehead atoms. The zero-order valence-corrected chi connectivity index (χ0v) is 13.4. The maximum Gasteiger partial charge on any atom is 0.243 e. The third-order valence-corrected chi connectivity index (χ3v) is 6.18. The summed E-state index contributed by atoms with van der Waals surface area (Å²) in [4.78, 5) is -0.309. The number of hydrogen-bond acceptors (Lipinski definition) is 2. The largest absolute Gasteiger partial charge is 0.243 e. The van der Waals surface area contributed by atoms with Gasteiger partial charge < -0.3 is 0 Å². The third kappa shape index (κ3) is 3.12. The molecule has 0 aromatic heterocycles. The highest BCUT2D eigenvalue weighted by Crippen LogP contribution is 2.46. The van der Waals surface area contributed by atoms with E-state index in [4.69, 9.17) is 0 Å². The van der Waals surface area contributed by atoms with E-state index >= 15 is 0 Å². The van der Waals surface area contributed by atoms with Crippen molar-refractivity contribution in [2.45, 2.75) is 17.7 Å². The predicted molar refractivity (Wildman–Crippen MR) is 74.7 cm³/mol. The molecule has 18 heavy (non-hydrogen) atoms. The van der Waals surface area contributed by atoms with Crippen LogP contribution in [0.2, 0.25) is 0 Å². The van der Waals surface area contributed by atoms with Gasteiger partial charge in [0.15, 0.2) is 0 Å². The maximum atomic E-state index is 13.6. The summed E-state index contributed by atoms with van der Waals surface area (Å²) < 4.78 is 40.5. The number of benzene rings is 1. The smallest absolute Gasteiger partial charge is 0.210 e. The SMILES string of the molecule is O=S(=O)(NCC1(CBr)CC1)c1ccc(Br)cc1F. The molecule has 1 aromatic rings. The number of alkyl halides is 1. The van der Waals surface area contributed by atoms with Crippen molar-refractivity contribution in [2.75, 3.05) is 11.9 Å². The minimum Gasteiger partial charge on any atom is -0.210 e. The molecule has 0 aliphatic heterocycles. The summed E-state index contributed by atoms with van der Waals surface area (Å²) in [5, 5.41) is 0.755. The highest BCUT2D eigenvalue weighted by molar-refractivity contribution is 9.10. The van der Waals surface area contributed by atoms with Crippen LogP contribution in [-0.4, -0.2) is 20.3 Å². The standard InChI is InChI=1S/C11H12Br2FNO2S/c12-6-11(3-4-11)7-15-18(16,17)10-2-1-8(13)5-9(10)14/h1-2,5,15H,3-4,6-7H2. The van der Waals surface area contributed by atoms with Crippen LogP contribution in [0.25, 0.3) is 0 Å². The van der Waals surface area contributed by atoms with E-state index in [1.807, 2.05) is 0 Å². The van der Waals surface area contributed by atoms with E-state index in [2.05, 4.69) is 36.6 Å². The van der Waals surface area contributed by atoms with E-state index in [1.165, 1.54) is 12.1 Å². The summed E-state index contributed by atoms with van der Waals surface area (Å²) in [6, 6.07) is 3.91. The summed E-state index contributed by atoms with van der Waals surface area (Å²) in [7, 11) is -3.78. The van der Waals surface area contributed by atoms with E-state index in [0.717, 1.165) is 24.2 Å². The van der Waals surface area contributed by atoms with Gasteiger partial charge in [-0.3, -0.25) is 0 Å². The van der Waals surface area contributed by atoms with Crippen LogP contribution in [-0.2, 0) is 10.0 Å². The Balaban J connectivity index is 2.15. The quantitative estimate of drug-likeness (QED) is 0.772. The van der Waals surface area contributed by atoms with E-state index in [9.17, 15) is 12.8 Å². The topological polar surface area (TPSA) is 46.2 Å². The first kappa shape index (κ1) is 14.4. The van der Waals surface area contributed by atoms with Crippen molar-refractivity contribution in [2.24, 2.45) is 5.41 Å². The lowest BCUT2D eigenvalue weighted by atomic mass is 10.1. The first-order valence-electron chi connectivity index (χ1n) is 5.39. The number of rotatable bonds is 5. The summed E-state index contributed by atoms with van der Waals surface area (Å²) >= 11 is 6.46. The predicted octanol–water partition coefficient (Wildman–Crippen LogP) is 3.04. The van der Waals surface area contributed by atoms with Crippen molar-refractivity contribution in [3.05, 3.63) is 28.5 Å². The number of halogens is 3. The molecule has 0 saturated heterocycles. The molecule has 1 N–H and O–H groups in total. The van der Waals surface area contributed by atoms with Crippen LogP contribution in [0, 0.1) is 11.2 Å². The number of sulfonamides is 1. The van der Waals surface area contributed by atoms with Gasteiger partial charge in [0, 0.05) is 16.3 Å². The highest BCUT2D eigenvalue weighted by Gasteiger charge is 2.42. The molecular weight excluding hydrogens is 389 g/mol. The molecule has 0 radical (unpaired) electrons. The van der Waals surface area contributed by atoms with Crippen molar-refractivity contribution < 1.29 is 12.8 Å². The molecule has 0 amide bonds. The van der Waals surface area contributed by atoms with Gasteiger partial charge in [-0.1, -0.05) is 31.9 Å². The van der Waals surface area contributed by atoms with Gasteiger partial charge in [-0.2, -0.15) is 0 Å². The molecule has 0 atom stereocenters. The Hall–Kier alpha value is 0.0200. The van der Waals surface area contributed by atoms with Crippen LogP contribution in [0.5, 0.6) is 0 Å². The minimum absolute atomic E-state index is 0.0128. The Bertz CT molecular complexity index is 558. The Morgan fingerprint density at radius 1 is 1.39 bits per heavy atom. The van der Waals surface area contributed by atoms with Crippen molar-refractivity contribution in [3.8, 4) is 0 Å². The van der Waals surface area contributed by atoms with Crippen LogP contribution in [0.15, 0.2) is 27.6 Å². The van der Waals surface area contributed by atoms with Crippen LogP contribution in [0.3, 0.4) is 0 Å². The Morgan fingerprint density at radius 3 is 2.56 bits per heavy atom. The Kier molecular flexibility index (Phi) is 4.16. The normalized spacial score (nSPS) is 17.7. The van der Waals surface area contributed by atoms with Gasteiger partial charge in [-0.05, 0) is 36.5 Å². The maximum absolute atomic E-state index is 13.6. The first-order valence-corrected chi connectivity index (χ1v) is 8.79. The van der Waals surface area contributed by atoms with Gasteiger partial charge in [0.1, 0.15) is 10.7 Å². The zero-order chi connectivity index (χ0) is 13.4. The molecule has 1 aliphatic carbocycles. The molecular formula is C11H12Br2FNO2S. The number of nitrogens with one attached hydrogen (secondary N) is 1. The highest BCUT2D eigenvalue weighted by atomic mass is 79.9. The fraction of sp³-hybridized carbons (Fsp3) is 0.455. The van der Waals surface area contributed by atoms with Gasteiger partial charge >= 0.3 is 0 Å². The van der Waals surface area contributed by atoms with E-state index in [1.54, 1.807) is 0 Å². The fourth-order valence-electron chi connectivity index (χ4n) is 1.55. The second-order valence-electron chi connectivity index (χ2n) is 4.53. The van der Waals surface area contributed by atoms with Gasteiger partial charge in [0.25, 0.3) is 0 Å². The van der Waals surface area contributed by atoms with Crippen LogP contribution in [0.1, 0.15) is 12.8 Å². The molecule has 1 aromatic carbocycles. The zero-order valence-electron chi connectivity index (χ0n) is 9.42. The molecule has 0 unspecified atom stereocenters. The molecule has 7 heteroatoms.